The van der Waals surface area contributed by atoms with Gasteiger partial charge in [-0.2, -0.15) is 12.6 Å². The molecule has 4 heteroatoms. The molecule has 106 valence electrons. The molecule has 0 aromatic heterocycles. The number of hydrogen-bond donors (Lipinski definition) is 3. The molecule has 0 radical (unpaired) electrons. The molecule has 0 spiro atoms. The number of guanidine groups is 1. The van der Waals surface area contributed by atoms with E-state index in [9.17, 15) is 0 Å². The van der Waals surface area contributed by atoms with Crippen molar-refractivity contribution in [3.8, 4) is 0 Å². The van der Waals surface area contributed by atoms with E-state index in [2.05, 4.69) is 55.9 Å². The summed E-state index contributed by atoms with van der Waals surface area (Å²) in [6, 6.07) is 0.977. The van der Waals surface area contributed by atoms with Crippen molar-refractivity contribution in [1.29, 1.82) is 0 Å². The second kappa shape index (κ2) is 7.27. The summed E-state index contributed by atoms with van der Waals surface area (Å²) in [4.78, 5) is 4.54. The predicted octanol–water partition coefficient (Wildman–Crippen LogP) is 2.83. The molecule has 0 unspecified atom stereocenters. The summed E-state index contributed by atoms with van der Waals surface area (Å²) in [5, 5.41) is 7.02. The number of thiol groups is 1. The van der Waals surface area contributed by atoms with Crippen LogP contribution < -0.4 is 10.6 Å². The molecule has 1 heterocycles. The average molecular weight is 271 g/mol. The highest BCUT2D eigenvalue weighted by Crippen LogP contribution is 2.22. The molecule has 0 aromatic carbocycles. The Bertz CT molecular complexity index is 271. The summed E-state index contributed by atoms with van der Waals surface area (Å²) in [6.45, 7) is 10.0. The lowest BCUT2D eigenvalue weighted by atomic mass is 9.86. The number of rotatable bonds is 5. The molecule has 0 fully saturated rings. The van der Waals surface area contributed by atoms with Gasteiger partial charge in [-0.1, -0.05) is 34.1 Å². The van der Waals surface area contributed by atoms with Gasteiger partial charge in [0.15, 0.2) is 5.96 Å². The first-order valence-electron chi connectivity index (χ1n) is 7.13. The molecule has 1 aliphatic heterocycles. The Labute approximate surface area is 118 Å². The zero-order chi connectivity index (χ0) is 13.6. The highest BCUT2D eigenvalue weighted by atomic mass is 32.1. The van der Waals surface area contributed by atoms with Crippen molar-refractivity contribution in [2.75, 3.05) is 12.3 Å². The van der Waals surface area contributed by atoms with Crippen molar-refractivity contribution < 1.29 is 0 Å². The van der Waals surface area contributed by atoms with E-state index in [1.54, 1.807) is 0 Å². The topological polar surface area (TPSA) is 36.4 Å². The molecule has 2 N–H and O–H groups in total. The van der Waals surface area contributed by atoms with Crippen molar-refractivity contribution in [2.24, 2.45) is 10.4 Å². The summed E-state index contributed by atoms with van der Waals surface area (Å²) < 4.78 is 0. The lowest BCUT2D eigenvalue weighted by Gasteiger charge is -2.31. The number of aliphatic imine (C=N–C) groups is 1. The molecule has 3 nitrogen and oxygen atoms in total. The summed E-state index contributed by atoms with van der Waals surface area (Å²) in [6.07, 6.45) is 4.67. The van der Waals surface area contributed by atoms with Crippen LogP contribution in [0.15, 0.2) is 4.99 Å². The highest BCUT2D eigenvalue weighted by molar-refractivity contribution is 7.80. The van der Waals surface area contributed by atoms with E-state index in [1.807, 2.05) is 0 Å². The first-order chi connectivity index (χ1) is 8.44. The molecule has 1 rings (SSSR count). The first kappa shape index (κ1) is 15.7. The van der Waals surface area contributed by atoms with Crippen LogP contribution >= 0.6 is 12.6 Å². The normalized spacial score (nSPS) is 22.1. The monoisotopic (exact) mass is 271 g/mol. The van der Waals surface area contributed by atoms with Gasteiger partial charge in [0.2, 0.25) is 0 Å². The van der Waals surface area contributed by atoms with Crippen molar-refractivity contribution in [1.82, 2.24) is 10.6 Å². The lowest BCUT2D eigenvalue weighted by Crippen LogP contribution is -2.51. The number of hydrogen-bond acceptors (Lipinski definition) is 4. The third-order valence-corrected chi connectivity index (χ3v) is 3.59. The van der Waals surface area contributed by atoms with Gasteiger partial charge in [0, 0.05) is 24.4 Å². The van der Waals surface area contributed by atoms with Gasteiger partial charge >= 0.3 is 0 Å². The van der Waals surface area contributed by atoms with E-state index >= 15 is 0 Å². The third kappa shape index (κ3) is 5.98. The van der Waals surface area contributed by atoms with E-state index in [0.29, 0.717) is 17.5 Å². The quantitative estimate of drug-likeness (QED) is 0.673. The lowest BCUT2D eigenvalue weighted by molar-refractivity contribution is 0.313. The van der Waals surface area contributed by atoms with Gasteiger partial charge in [-0.25, -0.2) is 0 Å². The Morgan fingerprint density at radius 2 is 2.22 bits per heavy atom. The molecule has 0 saturated carbocycles. The van der Waals surface area contributed by atoms with Crippen LogP contribution in [0, 0.1) is 5.41 Å². The molecular formula is C14H29N3S. The van der Waals surface area contributed by atoms with Gasteiger partial charge in [0.05, 0.1) is 0 Å². The maximum absolute atomic E-state index is 4.54. The van der Waals surface area contributed by atoms with E-state index in [4.69, 9.17) is 0 Å². The predicted molar refractivity (Wildman–Crippen MR) is 83.6 cm³/mol. The van der Waals surface area contributed by atoms with Crippen LogP contribution in [0.4, 0.5) is 0 Å². The second-order valence-corrected chi connectivity index (χ2v) is 6.80. The van der Waals surface area contributed by atoms with Crippen molar-refractivity contribution in [3.63, 3.8) is 0 Å². The third-order valence-electron chi connectivity index (χ3n) is 3.15. The fraction of sp³-hybridized carbons (Fsp3) is 0.929. The minimum atomic E-state index is 0.352. The second-order valence-electron chi connectivity index (χ2n) is 6.44. The van der Waals surface area contributed by atoms with E-state index in [1.165, 1.54) is 19.3 Å². The van der Waals surface area contributed by atoms with Gasteiger partial charge in [-0.05, 0) is 24.7 Å². The molecule has 1 aliphatic rings. The van der Waals surface area contributed by atoms with E-state index in [-0.39, 0.29) is 0 Å². The van der Waals surface area contributed by atoms with Crippen LogP contribution in [-0.4, -0.2) is 30.3 Å². The summed E-state index contributed by atoms with van der Waals surface area (Å²) in [5.74, 6) is 1.85. The van der Waals surface area contributed by atoms with Crippen LogP contribution in [0.5, 0.6) is 0 Å². The van der Waals surface area contributed by atoms with Gasteiger partial charge in [0.25, 0.3) is 0 Å². The first-order valence-corrected chi connectivity index (χ1v) is 7.76. The Balaban J connectivity index is 2.52. The fourth-order valence-corrected chi connectivity index (χ4v) is 2.65. The van der Waals surface area contributed by atoms with E-state index in [0.717, 1.165) is 24.7 Å². The van der Waals surface area contributed by atoms with Crippen LogP contribution in [-0.2, 0) is 0 Å². The maximum atomic E-state index is 4.54. The number of nitrogens with one attached hydrogen (secondary N) is 2. The van der Waals surface area contributed by atoms with Crippen LogP contribution in [0.2, 0.25) is 0 Å². The summed E-state index contributed by atoms with van der Waals surface area (Å²) >= 11 is 4.36. The van der Waals surface area contributed by atoms with Crippen molar-refractivity contribution >= 4 is 18.6 Å². The molecule has 0 amide bonds. The van der Waals surface area contributed by atoms with E-state index < -0.39 is 0 Å². The van der Waals surface area contributed by atoms with Gasteiger partial charge in [0.1, 0.15) is 0 Å². The maximum Gasteiger partial charge on any atom is 0.191 e. The minimum Gasteiger partial charge on any atom is -0.354 e. The standard InChI is InChI=1S/C14H29N3S/c1-5-6-11(9-14(2,3)4)16-13-15-8-7-12(10-18)17-13/h11-12,18H,5-10H2,1-4H3,(H2,15,16,17)/t11-,12-/m1/s1. The Hall–Kier alpha value is -0.380. The van der Waals surface area contributed by atoms with Crippen LogP contribution in [0.25, 0.3) is 0 Å². The van der Waals surface area contributed by atoms with Gasteiger partial charge < -0.3 is 10.6 Å². The van der Waals surface area contributed by atoms with Crippen LogP contribution in [0.1, 0.15) is 53.4 Å². The molecule has 2 atom stereocenters. The molecule has 0 bridgehead atoms. The van der Waals surface area contributed by atoms with Crippen molar-refractivity contribution in [3.05, 3.63) is 0 Å². The molecule has 0 aliphatic carbocycles. The van der Waals surface area contributed by atoms with Gasteiger partial charge in [-0.3, -0.25) is 4.99 Å². The zero-order valence-electron chi connectivity index (χ0n) is 12.3. The van der Waals surface area contributed by atoms with Crippen LogP contribution in [0.3, 0.4) is 0 Å². The molecule has 0 saturated heterocycles. The SMILES string of the molecule is CCC[C@H](CC(C)(C)C)NC1=NCC[C@H](CS)N1. The smallest absolute Gasteiger partial charge is 0.191 e. The fourth-order valence-electron chi connectivity index (χ4n) is 2.37. The summed E-state index contributed by atoms with van der Waals surface area (Å²) in [5.41, 5.74) is 0.352. The molecular weight excluding hydrogens is 242 g/mol. The number of nitrogens with zero attached hydrogens (tertiary/aromatic N) is 1. The average Bonchev–Trinajstić information content (AvgIpc) is 2.27. The molecule has 18 heavy (non-hydrogen) atoms. The van der Waals surface area contributed by atoms with Gasteiger partial charge in [-0.15, -0.1) is 0 Å². The van der Waals surface area contributed by atoms with Crippen molar-refractivity contribution in [2.45, 2.75) is 65.5 Å². The Kier molecular flexibility index (Phi) is 6.33. The highest BCUT2D eigenvalue weighted by Gasteiger charge is 2.21. The Morgan fingerprint density at radius 1 is 1.50 bits per heavy atom. The minimum absolute atomic E-state index is 0.352. The largest absolute Gasteiger partial charge is 0.354 e. The summed E-state index contributed by atoms with van der Waals surface area (Å²) in [7, 11) is 0. The zero-order valence-corrected chi connectivity index (χ0v) is 13.2. The molecule has 0 aromatic rings. The Morgan fingerprint density at radius 3 is 2.78 bits per heavy atom.